The quantitative estimate of drug-likeness (QED) is 0.0331. The highest BCUT2D eigenvalue weighted by atomic mass is 32.2. The van der Waals surface area contributed by atoms with Crippen molar-refractivity contribution < 1.29 is 28.5 Å². The first kappa shape index (κ1) is 61.2. The van der Waals surface area contributed by atoms with E-state index in [1.54, 1.807) is 0 Å². The number of hydrogen-bond acceptors (Lipinski definition) is 12. The predicted octanol–water partition coefficient (Wildman–Crippen LogP) is 13.4. The van der Waals surface area contributed by atoms with Crippen molar-refractivity contribution in [1.82, 2.24) is 9.80 Å². The normalized spacial score (nSPS) is 12.2. The molecule has 0 aliphatic carbocycles. The first-order chi connectivity index (χ1) is 29.4. The van der Waals surface area contributed by atoms with Crippen molar-refractivity contribution in [1.29, 1.82) is 0 Å². The topological polar surface area (TPSA) is 77.5 Å². The maximum atomic E-state index is 12.7. The number of carbonyl (C=O) groups is 2. The Labute approximate surface area is 395 Å². The van der Waals surface area contributed by atoms with E-state index in [-0.39, 0.29) is 20.1 Å². The van der Waals surface area contributed by atoms with E-state index in [4.69, 9.17) is 18.9 Å². The molecule has 0 aliphatic heterocycles. The zero-order valence-corrected chi connectivity index (χ0v) is 44.4. The summed E-state index contributed by atoms with van der Waals surface area (Å²) >= 11 is 7.48. The minimum Gasteiger partial charge on any atom is -0.465 e. The van der Waals surface area contributed by atoms with Gasteiger partial charge in [0.1, 0.15) is 13.2 Å². The van der Waals surface area contributed by atoms with Crippen LogP contribution in [0.4, 0.5) is 0 Å². The van der Waals surface area contributed by atoms with Gasteiger partial charge in [0.2, 0.25) is 0 Å². The fraction of sp³-hybridized carbons (Fsp3) is 0.959. The zero-order chi connectivity index (χ0) is 45.1. The SMILES string of the molecule is CCCCCCCCCCCCOCCSC(C)(C)SCCOC(=O)CCN(CCCN(C)C)CCC(=O)OCCSC(C)(C)SCCOCCCCCCCCCCCC. The van der Waals surface area contributed by atoms with Crippen LogP contribution in [0.5, 0.6) is 0 Å². The van der Waals surface area contributed by atoms with E-state index >= 15 is 0 Å². The van der Waals surface area contributed by atoms with E-state index in [0.717, 1.165) is 68.9 Å². The van der Waals surface area contributed by atoms with Crippen LogP contribution < -0.4 is 0 Å². The second-order valence-electron chi connectivity index (χ2n) is 17.7. The van der Waals surface area contributed by atoms with Gasteiger partial charge in [0.15, 0.2) is 0 Å². The Balaban J connectivity index is 4.08. The molecule has 0 N–H and O–H groups in total. The van der Waals surface area contributed by atoms with Gasteiger partial charge in [0.25, 0.3) is 0 Å². The summed E-state index contributed by atoms with van der Waals surface area (Å²) in [5.74, 6) is 3.13. The molecule has 0 unspecified atom stereocenters. The number of nitrogens with zero attached hydrogens (tertiary/aromatic N) is 2. The van der Waals surface area contributed by atoms with Crippen LogP contribution in [0.1, 0.15) is 189 Å². The molecule has 0 radical (unpaired) electrons. The molecular weight excluding hydrogens is 841 g/mol. The lowest BCUT2D eigenvalue weighted by molar-refractivity contribution is -0.143. The lowest BCUT2D eigenvalue weighted by Gasteiger charge is -2.24. The van der Waals surface area contributed by atoms with E-state index in [1.165, 1.54) is 128 Å². The number of hydrogen-bond donors (Lipinski definition) is 0. The van der Waals surface area contributed by atoms with Gasteiger partial charge in [-0.05, 0) is 74.1 Å². The average molecular weight is 940 g/mol. The average Bonchev–Trinajstić information content (AvgIpc) is 3.22. The standard InChI is InChI=1S/C49H98N2O6S4/c1-9-11-13-15-17-19-21-23-25-27-36-54-38-42-58-48(3,4)60-44-40-56-46(52)30-34-51(33-29-32-50(7)8)35-31-47(53)57-41-45-61-49(5,6)59-43-39-55-37-28-26-24-22-20-18-16-14-12-10-2/h9-45H2,1-8H3. The Morgan fingerprint density at radius 1 is 0.410 bits per heavy atom. The minimum atomic E-state index is -0.176. The molecule has 0 aliphatic rings. The molecule has 364 valence electrons. The van der Waals surface area contributed by atoms with E-state index in [9.17, 15) is 9.59 Å². The van der Waals surface area contributed by atoms with Crippen molar-refractivity contribution in [2.75, 3.05) is 103 Å². The van der Waals surface area contributed by atoms with E-state index in [0.29, 0.717) is 39.1 Å². The molecule has 0 rings (SSSR count). The summed E-state index contributed by atoms with van der Waals surface area (Å²) < 4.78 is 23.1. The van der Waals surface area contributed by atoms with Crippen LogP contribution in [0.25, 0.3) is 0 Å². The lowest BCUT2D eigenvalue weighted by Crippen LogP contribution is -2.32. The molecule has 0 aromatic heterocycles. The molecule has 0 spiro atoms. The van der Waals surface area contributed by atoms with Gasteiger partial charge >= 0.3 is 11.9 Å². The van der Waals surface area contributed by atoms with Gasteiger partial charge in [0, 0.05) is 49.3 Å². The van der Waals surface area contributed by atoms with Gasteiger partial charge < -0.3 is 28.7 Å². The van der Waals surface area contributed by atoms with Gasteiger partial charge in [-0.1, -0.05) is 129 Å². The summed E-state index contributed by atoms with van der Waals surface area (Å²) in [6, 6.07) is 0. The van der Waals surface area contributed by atoms with E-state index < -0.39 is 0 Å². The fourth-order valence-corrected chi connectivity index (χ4v) is 11.2. The van der Waals surface area contributed by atoms with Crippen molar-refractivity contribution >= 4 is 59.0 Å². The van der Waals surface area contributed by atoms with Crippen LogP contribution in [0.2, 0.25) is 0 Å². The molecule has 0 saturated heterocycles. The molecule has 61 heavy (non-hydrogen) atoms. The molecule has 0 heterocycles. The number of thioether (sulfide) groups is 4. The number of ether oxygens (including phenoxy) is 4. The molecule has 0 amide bonds. The van der Waals surface area contributed by atoms with Gasteiger partial charge in [-0.15, -0.1) is 47.0 Å². The van der Waals surface area contributed by atoms with Crippen molar-refractivity contribution in [2.45, 2.75) is 197 Å². The zero-order valence-electron chi connectivity index (χ0n) is 41.1. The molecule has 0 saturated carbocycles. The molecule has 0 aromatic rings. The Kier molecular flexibility index (Phi) is 44.2. The smallest absolute Gasteiger partial charge is 0.307 e. The van der Waals surface area contributed by atoms with Gasteiger partial charge in [-0.25, -0.2) is 0 Å². The largest absolute Gasteiger partial charge is 0.465 e. The monoisotopic (exact) mass is 939 g/mol. The van der Waals surface area contributed by atoms with Crippen LogP contribution in [0.3, 0.4) is 0 Å². The molecule has 12 heteroatoms. The molecule has 0 atom stereocenters. The minimum absolute atomic E-state index is 0.0412. The maximum Gasteiger partial charge on any atom is 0.307 e. The van der Waals surface area contributed by atoms with Gasteiger partial charge in [-0.2, -0.15) is 0 Å². The summed E-state index contributed by atoms with van der Waals surface area (Å²) in [7, 11) is 4.13. The highest BCUT2D eigenvalue weighted by molar-refractivity contribution is 8.18. The molecular formula is C49H98N2O6S4. The summed E-state index contributed by atoms with van der Waals surface area (Å²) in [6.07, 6.45) is 28.5. The van der Waals surface area contributed by atoms with E-state index in [1.807, 2.05) is 47.0 Å². The Bertz CT molecular complexity index is 909. The highest BCUT2D eigenvalue weighted by Gasteiger charge is 2.20. The third-order valence-corrected chi connectivity index (χ3v) is 16.3. The number of rotatable bonds is 48. The summed E-state index contributed by atoms with van der Waals surface area (Å²) in [5.41, 5.74) is 0. The lowest BCUT2D eigenvalue weighted by atomic mass is 10.1. The Hall–Kier alpha value is 0.180. The van der Waals surface area contributed by atoms with Crippen molar-refractivity contribution in [3.63, 3.8) is 0 Å². The predicted molar refractivity (Wildman–Crippen MR) is 274 cm³/mol. The fourth-order valence-electron chi connectivity index (χ4n) is 6.84. The Morgan fingerprint density at radius 2 is 0.738 bits per heavy atom. The molecule has 0 fully saturated rings. The van der Waals surface area contributed by atoms with Gasteiger partial charge in [-0.3, -0.25) is 9.59 Å². The van der Waals surface area contributed by atoms with Crippen LogP contribution >= 0.6 is 47.0 Å². The molecule has 0 bridgehead atoms. The highest BCUT2D eigenvalue weighted by Crippen LogP contribution is 2.37. The summed E-state index contributed by atoms with van der Waals surface area (Å²) in [5, 5.41) is 0. The van der Waals surface area contributed by atoms with Crippen molar-refractivity contribution in [2.24, 2.45) is 0 Å². The molecule has 8 nitrogen and oxygen atoms in total. The Morgan fingerprint density at radius 3 is 1.08 bits per heavy atom. The van der Waals surface area contributed by atoms with Crippen molar-refractivity contribution in [3.8, 4) is 0 Å². The first-order valence-electron chi connectivity index (χ1n) is 24.8. The number of esters is 2. The van der Waals surface area contributed by atoms with Crippen LogP contribution in [0.15, 0.2) is 0 Å². The van der Waals surface area contributed by atoms with Crippen LogP contribution in [0, 0.1) is 0 Å². The van der Waals surface area contributed by atoms with Crippen LogP contribution in [-0.4, -0.2) is 133 Å². The third-order valence-electron chi connectivity index (χ3n) is 10.6. The second kappa shape index (κ2) is 44.0. The van der Waals surface area contributed by atoms with Crippen LogP contribution in [-0.2, 0) is 28.5 Å². The van der Waals surface area contributed by atoms with Crippen molar-refractivity contribution in [3.05, 3.63) is 0 Å². The van der Waals surface area contributed by atoms with Gasteiger partial charge in [0.05, 0.1) is 34.2 Å². The summed E-state index contributed by atoms with van der Waals surface area (Å²) in [4.78, 5) is 29.7. The first-order valence-corrected chi connectivity index (χ1v) is 28.7. The number of carbonyl (C=O) groups excluding carboxylic acids is 2. The molecule has 0 aromatic carbocycles. The van der Waals surface area contributed by atoms with E-state index in [2.05, 4.69) is 65.4 Å². The third kappa shape index (κ3) is 46.5. The number of unbranched alkanes of at least 4 members (excludes halogenated alkanes) is 18. The summed E-state index contributed by atoms with van der Waals surface area (Å²) in [6.45, 7) is 20.6. The maximum absolute atomic E-state index is 12.7. The second-order valence-corrected chi connectivity index (χ2v) is 25.1.